The number of carboxylic acids is 1. The highest BCUT2D eigenvalue weighted by atomic mass is 16.6. The monoisotopic (exact) mass is 380 g/mol. The van der Waals surface area contributed by atoms with Crippen LogP contribution in [0.4, 0.5) is 10.5 Å². The van der Waals surface area contributed by atoms with Crippen LogP contribution in [0.5, 0.6) is 0 Å². The molecule has 11 heteroatoms. The Morgan fingerprint density at radius 2 is 2.07 bits per heavy atom. The van der Waals surface area contributed by atoms with Crippen LogP contribution in [0, 0.1) is 10.1 Å². The minimum absolute atomic E-state index is 0.0895. The summed E-state index contributed by atoms with van der Waals surface area (Å²) in [5, 5.41) is 26.1. The first-order valence-corrected chi connectivity index (χ1v) is 8.00. The maximum absolute atomic E-state index is 11.8. The fraction of sp³-hybridized carbons (Fsp3) is 0.438. The van der Waals surface area contributed by atoms with Crippen LogP contribution < -0.4 is 5.32 Å². The maximum atomic E-state index is 11.8. The van der Waals surface area contributed by atoms with Crippen molar-refractivity contribution in [3.05, 3.63) is 46.2 Å². The molecule has 0 aromatic carbocycles. The van der Waals surface area contributed by atoms with Gasteiger partial charge in [-0.1, -0.05) is 0 Å². The number of furan rings is 1. The first-order valence-electron chi connectivity index (χ1n) is 8.00. The van der Waals surface area contributed by atoms with E-state index in [2.05, 4.69) is 10.4 Å². The quantitative estimate of drug-likeness (QED) is 0.546. The van der Waals surface area contributed by atoms with Gasteiger partial charge >= 0.3 is 17.7 Å². The summed E-state index contributed by atoms with van der Waals surface area (Å²) in [6.45, 7) is 5.15. The number of ether oxygens (including phenoxy) is 1. The molecule has 11 nitrogen and oxygen atoms in total. The number of carbonyl (C=O) groups is 2. The van der Waals surface area contributed by atoms with E-state index in [9.17, 15) is 24.8 Å². The van der Waals surface area contributed by atoms with Crippen molar-refractivity contribution in [1.29, 1.82) is 0 Å². The number of nitrogens with one attached hydrogen (secondary N) is 1. The molecule has 2 aromatic heterocycles. The smallest absolute Gasteiger partial charge is 0.408 e. The maximum Gasteiger partial charge on any atom is 0.408 e. The molecular formula is C16H20N4O7. The summed E-state index contributed by atoms with van der Waals surface area (Å²) < 4.78 is 11.9. The van der Waals surface area contributed by atoms with Gasteiger partial charge in [-0.05, 0) is 32.9 Å². The van der Waals surface area contributed by atoms with Gasteiger partial charge in [0.1, 0.15) is 35.6 Å². The predicted octanol–water partition coefficient (Wildman–Crippen LogP) is 1.95. The number of alkyl carbamates (subject to hydrolysis) is 1. The Morgan fingerprint density at radius 1 is 1.41 bits per heavy atom. The standard InChI is InChI=1S/C16H20N4O7/c1-16(2,3)27-15(23)18-13(14(21)22)6-11-4-5-12(26-11)9-19-8-10(7-17-19)20(24)25/h4-5,7-8,13H,6,9H2,1-3H3,(H,18,23)(H,21,22). The molecule has 2 heterocycles. The van der Waals surface area contributed by atoms with Crippen molar-refractivity contribution in [2.24, 2.45) is 0 Å². The molecule has 2 rings (SSSR count). The average Bonchev–Trinajstić information content (AvgIpc) is 3.14. The molecule has 0 saturated heterocycles. The molecule has 0 bridgehead atoms. The van der Waals surface area contributed by atoms with Crippen molar-refractivity contribution in [3.8, 4) is 0 Å². The number of aliphatic carboxylic acids is 1. The first kappa shape index (κ1) is 19.9. The zero-order chi connectivity index (χ0) is 20.2. The van der Waals surface area contributed by atoms with Crippen molar-refractivity contribution in [2.45, 2.75) is 45.4 Å². The summed E-state index contributed by atoms with van der Waals surface area (Å²) in [5.41, 5.74) is -0.897. The molecular weight excluding hydrogens is 360 g/mol. The third-order valence-corrected chi connectivity index (χ3v) is 3.26. The van der Waals surface area contributed by atoms with E-state index in [-0.39, 0.29) is 18.7 Å². The van der Waals surface area contributed by atoms with Crippen LogP contribution in [0.3, 0.4) is 0 Å². The normalized spacial score (nSPS) is 12.4. The second kappa shape index (κ2) is 7.89. The number of aromatic nitrogens is 2. The van der Waals surface area contributed by atoms with E-state index in [1.165, 1.54) is 10.9 Å². The van der Waals surface area contributed by atoms with Gasteiger partial charge in [0.25, 0.3) is 0 Å². The summed E-state index contributed by atoms with van der Waals surface area (Å²) in [6.07, 6.45) is 1.44. The van der Waals surface area contributed by atoms with Crippen LogP contribution >= 0.6 is 0 Å². The Labute approximate surface area is 154 Å². The van der Waals surface area contributed by atoms with E-state index < -0.39 is 28.6 Å². The molecule has 0 aliphatic rings. The number of nitro groups is 1. The highest BCUT2D eigenvalue weighted by Gasteiger charge is 2.25. The molecule has 1 amide bonds. The minimum Gasteiger partial charge on any atom is -0.480 e. The molecule has 2 aromatic rings. The lowest BCUT2D eigenvalue weighted by molar-refractivity contribution is -0.385. The van der Waals surface area contributed by atoms with Gasteiger partial charge in [0.2, 0.25) is 0 Å². The molecule has 0 saturated carbocycles. The minimum atomic E-state index is -1.23. The van der Waals surface area contributed by atoms with Crippen LogP contribution in [-0.2, 0) is 22.5 Å². The second-order valence-corrected chi connectivity index (χ2v) is 6.76. The number of hydrogen-bond acceptors (Lipinski definition) is 7. The Bertz CT molecular complexity index is 834. The zero-order valence-corrected chi connectivity index (χ0v) is 15.0. The van der Waals surface area contributed by atoms with Crippen molar-refractivity contribution in [1.82, 2.24) is 15.1 Å². The van der Waals surface area contributed by atoms with Crippen LogP contribution in [0.25, 0.3) is 0 Å². The lowest BCUT2D eigenvalue weighted by Crippen LogP contribution is -2.44. The Morgan fingerprint density at radius 3 is 2.63 bits per heavy atom. The zero-order valence-electron chi connectivity index (χ0n) is 15.0. The lowest BCUT2D eigenvalue weighted by atomic mass is 10.1. The fourth-order valence-corrected chi connectivity index (χ4v) is 2.16. The SMILES string of the molecule is CC(C)(C)OC(=O)NC(Cc1ccc(Cn2cc([N+](=O)[O-])cn2)o1)C(=O)O. The molecule has 1 atom stereocenters. The van der Waals surface area contributed by atoms with E-state index in [0.717, 1.165) is 6.20 Å². The summed E-state index contributed by atoms with van der Waals surface area (Å²) >= 11 is 0. The third-order valence-electron chi connectivity index (χ3n) is 3.26. The Kier molecular flexibility index (Phi) is 5.83. The van der Waals surface area contributed by atoms with Gasteiger partial charge in [0.05, 0.1) is 11.5 Å². The van der Waals surface area contributed by atoms with Crippen LogP contribution in [0.1, 0.15) is 32.3 Å². The van der Waals surface area contributed by atoms with Crippen molar-refractivity contribution < 1.29 is 28.8 Å². The van der Waals surface area contributed by atoms with Crippen LogP contribution in [0.15, 0.2) is 28.9 Å². The number of hydrogen-bond donors (Lipinski definition) is 2. The summed E-state index contributed by atoms with van der Waals surface area (Å²) in [4.78, 5) is 33.3. The number of rotatable bonds is 7. The molecule has 0 spiro atoms. The molecule has 0 aliphatic carbocycles. The molecule has 27 heavy (non-hydrogen) atoms. The highest BCUT2D eigenvalue weighted by molar-refractivity contribution is 5.80. The first-order chi connectivity index (χ1) is 12.5. The van der Waals surface area contributed by atoms with Gasteiger partial charge in [-0.2, -0.15) is 5.10 Å². The Balaban J connectivity index is 1.99. The van der Waals surface area contributed by atoms with Gasteiger partial charge < -0.3 is 19.6 Å². The van der Waals surface area contributed by atoms with Gasteiger partial charge in [0.15, 0.2) is 0 Å². The summed E-state index contributed by atoms with van der Waals surface area (Å²) in [5.74, 6) is -0.471. The van der Waals surface area contributed by atoms with E-state index in [4.69, 9.17) is 9.15 Å². The number of carboxylic acid groups (broad SMARTS) is 1. The van der Waals surface area contributed by atoms with Gasteiger partial charge in [0, 0.05) is 6.42 Å². The van der Waals surface area contributed by atoms with Gasteiger partial charge in [-0.15, -0.1) is 0 Å². The molecule has 1 unspecified atom stereocenters. The van der Waals surface area contributed by atoms with E-state index in [1.807, 2.05) is 0 Å². The molecule has 0 radical (unpaired) electrons. The van der Waals surface area contributed by atoms with Crippen molar-refractivity contribution in [3.63, 3.8) is 0 Å². The Hall–Kier alpha value is -3.37. The van der Waals surface area contributed by atoms with Gasteiger partial charge in [-0.3, -0.25) is 14.8 Å². The summed E-state index contributed by atoms with van der Waals surface area (Å²) in [7, 11) is 0. The van der Waals surface area contributed by atoms with E-state index in [0.29, 0.717) is 11.5 Å². The van der Waals surface area contributed by atoms with E-state index >= 15 is 0 Å². The largest absolute Gasteiger partial charge is 0.480 e. The average molecular weight is 380 g/mol. The number of nitrogens with zero attached hydrogens (tertiary/aromatic N) is 3. The molecule has 0 aliphatic heterocycles. The fourth-order valence-electron chi connectivity index (χ4n) is 2.16. The number of amides is 1. The molecule has 2 N–H and O–H groups in total. The summed E-state index contributed by atoms with van der Waals surface area (Å²) in [6, 6.07) is 1.94. The van der Waals surface area contributed by atoms with Crippen LogP contribution in [-0.4, -0.2) is 43.5 Å². The number of carbonyl (C=O) groups excluding carboxylic acids is 1. The van der Waals surface area contributed by atoms with Gasteiger partial charge in [-0.25, -0.2) is 9.59 Å². The lowest BCUT2D eigenvalue weighted by Gasteiger charge is -2.21. The van der Waals surface area contributed by atoms with Crippen LogP contribution in [0.2, 0.25) is 0 Å². The second-order valence-electron chi connectivity index (χ2n) is 6.76. The molecule has 0 fully saturated rings. The van der Waals surface area contributed by atoms with Crippen molar-refractivity contribution in [2.75, 3.05) is 0 Å². The third kappa shape index (κ3) is 6.13. The predicted molar refractivity (Wildman–Crippen MR) is 91.2 cm³/mol. The molecule has 146 valence electrons. The highest BCUT2D eigenvalue weighted by Crippen LogP contribution is 2.14. The topological polar surface area (TPSA) is 150 Å². The van der Waals surface area contributed by atoms with E-state index in [1.54, 1.807) is 32.9 Å². The van der Waals surface area contributed by atoms with Crippen molar-refractivity contribution >= 4 is 17.7 Å².